The van der Waals surface area contributed by atoms with Gasteiger partial charge in [-0.1, -0.05) is 6.07 Å². The SMILES string of the molecule is Cc1ccc(C(=O)NCCCN2CCNCC2)cc1S(C)(=O)=O. The van der Waals surface area contributed by atoms with Crippen LogP contribution in [0.3, 0.4) is 0 Å². The number of piperazine rings is 1. The third-order valence-electron chi connectivity index (χ3n) is 4.00. The fourth-order valence-corrected chi connectivity index (χ4v) is 3.68. The van der Waals surface area contributed by atoms with Crippen molar-refractivity contribution in [1.82, 2.24) is 15.5 Å². The highest BCUT2D eigenvalue weighted by atomic mass is 32.2. The number of amides is 1. The van der Waals surface area contributed by atoms with Gasteiger partial charge in [-0.2, -0.15) is 0 Å². The minimum absolute atomic E-state index is 0.214. The van der Waals surface area contributed by atoms with Gasteiger partial charge in [-0.25, -0.2) is 8.42 Å². The minimum Gasteiger partial charge on any atom is -0.352 e. The van der Waals surface area contributed by atoms with Gasteiger partial charge in [0.1, 0.15) is 0 Å². The lowest BCUT2D eigenvalue weighted by Crippen LogP contribution is -2.44. The number of carbonyl (C=O) groups excluding carboxylic acids is 1. The van der Waals surface area contributed by atoms with Crippen LogP contribution in [0.4, 0.5) is 0 Å². The molecule has 6 nitrogen and oxygen atoms in total. The summed E-state index contributed by atoms with van der Waals surface area (Å²) in [5.41, 5.74) is 1.04. The molecule has 128 valence electrons. The van der Waals surface area contributed by atoms with E-state index in [1.807, 2.05) is 0 Å². The van der Waals surface area contributed by atoms with E-state index >= 15 is 0 Å². The maximum atomic E-state index is 12.2. The molecular weight excluding hydrogens is 314 g/mol. The second-order valence-electron chi connectivity index (χ2n) is 5.95. The van der Waals surface area contributed by atoms with Crippen LogP contribution >= 0.6 is 0 Å². The summed E-state index contributed by atoms with van der Waals surface area (Å²) in [6.07, 6.45) is 2.04. The number of hydrogen-bond acceptors (Lipinski definition) is 5. The van der Waals surface area contributed by atoms with E-state index in [0.29, 0.717) is 17.7 Å². The highest BCUT2D eigenvalue weighted by molar-refractivity contribution is 7.90. The number of aryl methyl sites for hydroxylation is 1. The quantitative estimate of drug-likeness (QED) is 0.735. The van der Waals surface area contributed by atoms with Gasteiger partial charge in [-0.05, 0) is 37.6 Å². The van der Waals surface area contributed by atoms with E-state index < -0.39 is 9.84 Å². The Kier molecular flexibility index (Phi) is 6.15. The number of rotatable bonds is 6. The van der Waals surface area contributed by atoms with Gasteiger partial charge >= 0.3 is 0 Å². The van der Waals surface area contributed by atoms with Crippen molar-refractivity contribution in [1.29, 1.82) is 0 Å². The van der Waals surface area contributed by atoms with Gasteiger partial charge in [0, 0.05) is 44.5 Å². The number of sulfone groups is 1. The summed E-state index contributed by atoms with van der Waals surface area (Å²) in [7, 11) is -3.32. The van der Waals surface area contributed by atoms with E-state index in [4.69, 9.17) is 0 Å². The Morgan fingerprint density at radius 3 is 2.65 bits per heavy atom. The van der Waals surface area contributed by atoms with Crippen molar-refractivity contribution in [3.63, 3.8) is 0 Å². The minimum atomic E-state index is -3.32. The number of hydrogen-bond donors (Lipinski definition) is 2. The zero-order valence-electron chi connectivity index (χ0n) is 13.8. The fraction of sp³-hybridized carbons (Fsp3) is 0.562. The molecule has 0 spiro atoms. The van der Waals surface area contributed by atoms with Crippen LogP contribution in [0.2, 0.25) is 0 Å². The first-order chi connectivity index (χ1) is 10.9. The summed E-state index contributed by atoms with van der Waals surface area (Å²) < 4.78 is 23.4. The van der Waals surface area contributed by atoms with E-state index in [0.717, 1.165) is 45.4 Å². The average Bonchev–Trinajstić information content (AvgIpc) is 2.51. The zero-order valence-corrected chi connectivity index (χ0v) is 14.6. The van der Waals surface area contributed by atoms with E-state index in [1.165, 1.54) is 6.07 Å². The van der Waals surface area contributed by atoms with Crippen molar-refractivity contribution in [3.05, 3.63) is 29.3 Å². The Balaban J connectivity index is 1.86. The summed E-state index contributed by atoms with van der Waals surface area (Å²) in [6, 6.07) is 4.79. The molecule has 1 heterocycles. The van der Waals surface area contributed by atoms with E-state index in [1.54, 1.807) is 19.1 Å². The largest absolute Gasteiger partial charge is 0.352 e. The molecule has 1 aliphatic rings. The van der Waals surface area contributed by atoms with Crippen LogP contribution in [0.15, 0.2) is 23.1 Å². The maximum Gasteiger partial charge on any atom is 0.251 e. The molecular formula is C16H25N3O3S. The highest BCUT2D eigenvalue weighted by Gasteiger charge is 2.14. The van der Waals surface area contributed by atoms with Crippen molar-refractivity contribution in [2.75, 3.05) is 45.5 Å². The molecule has 1 aromatic rings. The molecule has 2 rings (SSSR count). The molecule has 1 aromatic carbocycles. The number of nitrogens with one attached hydrogen (secondary N) is 2. The Hall–Kier alpha value is -1.44. The van der Waals surface area contributed by atoms with Gasteiger partial charge < -0.3 is 15.5 Å². The van der Waals surface area contributed by atoms with E-state index in [2.05, 4.69) is 15.5 Å². The predicted molar refractivity (Wildman–Crippen MR) is 90.5 cm³/mol. The predicted octanol–water partition coefficient (Wildman–Crippen LogP) is 0.424. The van der Waals surface area contributed by atoms with E-state index in [-0.39, 0.29) is 10.8 Å². The lowest BCUT2D eigenvalue weighted by atomic mass is 10.1. The average molecular weight is 339 g/mol. The van der Waals surface area contributed by atoms with Crippen molar-refractivity contribution in [3.8, 4) is 0 Å². The van der Waals surface area contributed by atoms with Crippen molar-refractivity contribution in [2.24, 2.45) is 0 Å². The molecule has 1 amide bonds. The lowest BCUT2D eigenvalue weighted by molar-refractivity contribution is 0.0951. The molecule has 1 aliphatic heterocycles. The molecule has 0 radical (unpaired) electrons. The topological polar surface area (TPSA) is 78.5 Å². The Labute approximate surface area is 138 Å². The molecule has 23 heavy (non-hydrogen) atoms. The molecule has 0 unspecified atom stereocenters. The second-order valence-corrected chi connectivity index (χ2v) is 7.94. The molecule has 0 atom stereocenters. The molecule has 0 aromatic heterocycles. The van der Waals surface area contributed by atoms with Gasteiger partial charge in [0.2, 0.25) is 0 Å². The molecule has 2 N–H and O–H groups in total. The van der Waals surface area contributed by atoms with Gasteiger partial charge in [0.05, 0.1) is 4.90 Å². The second kappa shape index (κ2) is 7.90. The Bertz CT molecular complexity index is 653. The summed E-state index contributed by atoms with van der Waals surface area (Å²) in [5, 5.41) is 6.17. The zero-order chi connectivity index (χ0) is 16.9. The summed E-state index contributed by atoms with van der Waals surface area (Å²) in [6.45, 7) is 7.40. The first-order valence-corrected chi connectivity index (χ1v) is 9.79. The smallest absolute Gasteiger partial charge is 0.251 e. The van der Waals surface area contributed by atoms with Crippen LogP contribution in [0.5, 0.6) is 0 Å². The molecule has 0 bridgehead atoms. The monoisotopic (exact) mass is 339 g/mol. The van der Waals surface area contributed by atoms with Crippen LogP contribution in [0, 0.1) is 6.92 Å². The van der Waals surface area contributed by atoms with Crippen LogP contribution in [0.1, 0.15) is 22.3 Å². The van der Waals surface area contributed by atoms with Gasteiger partial charge in [0.25, 0.3) is 5.91 Å². The fourth-order valence-electron chi connectivity index (χ4n) is 2.68. The summed E-state index contributed by atoms with van der Waals surface area (Å²) in [4.78, 5) is 14.7. The maximum absolute atomic E-state index is 12.2. The number of benzene rings is 1. The molecule has 1 saturated heterocycles. The van der Waals surface area contributed by atoms with Crippen LogP contribution in [-0.4, -0.2) is 64.7 Å². The van der Waals surface area contributed by atoms with Crippen molar-refractivity contribution in [2.45, 2.75) is 18.2 Å². The summed E-state index contributed by atoms with van der Waals surface area (Å²) >= 11 is 0. The highest BCUT2D eigenvalue weighted by Crippen LogP contribution is 2.16. The van der Waals surface area contributed by atoms with Gasteiger partial charge in [-0.15, -0.1) is 0 Å². The normalized spacial score (nSPS) is 16.3. The Morgan fingerprint density at radius 1 is 1.30 bits per heavy atom. The van der Waals surface area contributed by atoms with Crippen LogP contribution in [-0.2, 0) is 9.84 Å². The van der Waals surface area contributed by atoms with E-state index in [9.17, 15) is 13.2 Å². The molecule has 7 heteroatoms. The Morgan fingerprint density at radius 2 is 2.00 bits per heavy atom. The third-order valence-corrected chi connectivity index (χ3v) is 5.23. The molecule has 1 fully saturated rings. The number of nitrogens with zero attached hydrogens (tertiary/aromatic N) is 1. The lowest BCUT2D eigenvalue weighted by Gasteiger charge is -2.27. The van der Waals surface area contributed by atoms with Crippen LogP contribution in [0.25, 0.3) is 0 Å². The number of carbonyl (C=O) groups is 1. The third kappa shape index (κ3) is 5.30. The van der Waals surface area contributed by atoms with Crippen molar-refractivity contribution >= 4 is 15.7 Å². The van der Waals surface area contributed by atoms with Gasteiger partial charge in [0.15, 0.2) is 9.84 Å². The molecule has 0 saturated carbocycles. The first-order valence-electron chi connectivity index (χ1n) is 7.90. The standard InChI is InChI=1S/C16H25N3O3S/c1-13-4-5-14(12-15(13)23(2,21)22)16(20)18-6-3-9-19-10-7-17-8-11-19/h4-5,12,17H,3,6-11H2,1-2H3,(H,18,20). The van der Waals surface area contributed by atoms with Crippen LogP contribution < -0.4 is 10.6 Å². The molecule has 0 aliphatic carbocycles. The van der Waals surface area contributed by atoms with Crippen molar-refractivity contribution < 1.29 is 13.2 Å². The summed E-state index contributed by atoms with van der Waals surface area (Å²) in [5.74, 6) is -0.227. The first kappa shape index (κ1) is 17.9. The van der Waals surface area contributed by atoms with Gasteiger partial charge in [-0.3, -0.25) is 4.79 Å².